The van der Waals surface area contributed by atoms with Gasteiger partial charge in [-0.3, -0.25) is 9.59 Å². The van der Waals surface area contributed by atoms with Crippen molar-refractivity contribution >= 4 is 35.0 Å². The number of amides is 2. The van der Waals surface area contributed by atoms with E-state index in [1.54, 1.807) is 23.1 Å². The molecule has 0 saturated carbocycles. The molecule has 0 aromatic heterocycles. The zero-order chi connectivity index (χ0) is 22.4. The van der Waals surface area contributed by atoms with Crippen LogP contribution in [0, 0.1) is 13.8 Å². The van der Waals surface area contributed by atoms with Gasteiger partial charge in [-0.05, 0) is 51.8 Å². The molecule has 1 atom stereocenters. The van der Waals surface area contributed by atoms with Crippen molar-refractivity contribution in [2.24, 2.45) is 0 Å². The largest absolute Gasteiger partial charge is 0.352 e. The molecular formula is C24H30Cl2N2O2. The van der Waals surface area contributed by atoms with Gasteiger partial charge in [0.1, 0.15) is 6.04 Å². The number of hydrogen-bond donors (Lipinski definition) is 1. The summed E-state index contributed by atoms with van der Waals surface area (Å²) < 4.78 is 0. The lowest BCUT2D eigenvalue weighted by atomic mass is 10.0. The Bertz CT molecular complexity index is 872. The first-order valence-electron chi connectivity index (χ1n) is 10.2. The van der Waals surface area contributed by atoms with Gasteiger partial charge < -0.3 is 10.2 Å². The van der Waals surface area contributed by atoms with E-state index in [2.05, 4.69) is 11.4 Å². The molecule has 2 rings (SSSR count). The maximum absolute atomic E-state index is 13.4. The van der Waals surface area contributed by atoms with Crippen LogP contribution in [-0.2, 0) is 22.6 Å². The first kappa shape index (κ1) is 24.2. The van der Waals surface area contributed by atoms with Gasteiger partial charge in [0.05, 0.1) is 6.42 Å². The monoisotopic (exact) mass is 448 g/mol. The van der Waals surface area contributed by atoms with Crippen LogP contribution in [0.25, 0.3) is 0 Å². The molecule has 30 heavy (non-hydrogen) atoms. The van der Waals surface area contributed by atoms with E-state index in [9.17, 15) is 9.59 Å². The summed E-state index contributed by atoms with van der Waals surface area (Å²) in [6, 6.07) is 10.7. The van der Waals surface area contributed by atoms with Crippen molar-refractivity contribution in [1.29, 1.82) is 0 Å². The Kier molecular flexibility index (Phi) is 8.75. The summed E-state index contributed by atoms with van der Waals surface area (Å²) in [5, 5.41) is 3.88. The second-order valence-electron chi connectivity index (χ2n) is 7.98. The van der Waals surface area contributed by atoms with Crippen molar-refractivity contribution in [3.05, 3.63) is 68.7 Å². The normalized spacial score (nSPS) is 12.0. The molecule has 0 saturated heterocycles. The van der Waals surface area contributed by atoms with Gasteiger partial charge in [0.15, 0.2) is 0 Å². The number of nitrogens with one attached hydrogen (secondary N) is 1. The minimum absolute atomic E-state index is 0.0215. The van der Waals surface area contributed by atoms with Gasteiger partial charge in [-0.25, -0.2) is 0 Å². The third-order valence-corrected chi connectivity index (χ3v) is 5.55. The molecule has 2 aromatic rings. The van der Waals surface area contributed by atoms with Crippen LogP contribution in [0.4, 0.5) is 0 Å². The van der Waals surface area contributed by atoms with E-state index >= 15 is 0 Å². The molecule has 2 amide bonds. The summed E-state index contributed by atoms with van der Waals surface area (Å²) in [4.78, 5) is 27.9. The molecule has 0 heterocycles. The van der Waals surface area contributed by atoms with E-state index in [-0.39, 0.29) is 30.8 Å². The predicted octanol–water partition coefficient (Wildman–Crippen LogP) is 5.48. The Morgan fingerprint density at radius 3 is 2.10 bits per heavy atom. The van der Waals surface area contributed by atoms with Crippen LogP contribution in [0.1, 0.15) is 49.4 Å². The first-order chi connectivity index (χ1) is 14.1. The highest BCUT2D eigenvalue weighted by molar-refractivity contribution is 6.36. The number of carbonyl (C=O) groups excluding carboxylic acids is 2. The summed E-state index contributed by atoms with van der Waals surface area (Å²) in [5.74, 6) is -0.314. The standard InChI is InChI=1S/C24H30Cl2N2O2/c1-6-22(24(30)27-15(2)3)28(14-19-20(25)8-7-9-21(19)26)23(29)13-18-11-16(4)10-17(5)12-18/h7-12,15,22H,6,13-14H2,1-5H3,(H,27,30)/t22-/m0/s1. The number of aryl methyl sites for hydroxylation is 2. The minimum atomic E-state index is -0.613. The molecule has 0 spiro atoms. The Hall–Kier alpha value is -2.04. The number of halogens is 2. The van der Waals surface area contributed by atoms with Gasteiger partial charge in [-0.15, -0.1) is 0 Å². The fourth-order valence-electron chi connectivity index (χ4n) is 3.60. The summed E-state index contributed by atoms with van der Waals surface area (Å²) in [6.45, 7) is 9.89. The molecule has 2 aromatic carbocycles. The lowest BCUT2D eigenvalue weighted by molar-refractivity contribution is -0.141. The fourth-order valence-corrected chi connectivity index (χ4v) is 4.12. The van der Waals surface area contributed by atoms with Crippen molar-refractivity contribution in [2.45, 2.75) is 66.1 Å². The topological polar surface area (TPSA) is 49.4 Å². The van der Waals surface area contributed by atoms with Gasteiger partial charge in [-0.2, -0.15) is 0 Å². The average Bonchev–Trinajstić information content (AvgIpc) is 2.62. The van der Waals surface area contributed by atoms with Crippen molar-refractivity contribution in [1.82, 2.24) is 10.2 Å². The van der Waals surface area contributed by atoms with Crippen LogP contribution in [0.5, 0.6) is 0 Å². The highest BCUT2D eigenvalue weighted by atomic mass is 35.5. The predicted molar refractivity (Wildman–Crippen MR) is 124 cm³/mol. The Balaban J connectivity index is 2.40. The zero-order valence-electron chi connectivity index (χ0n) is 18.3. The van der Waals surface area contributed by atoms with Crippen LogP contribution in [-0.4, -0.2) is 28.8 Å². The molecule has 0 fully saturated rings. The Morgan fingerprint density at radius 2 is 1.60 bits per heavy atom. The summed E-state index contributed by atoms with van der Waals surface area (Å²) in [5.41, 5.74) is 3.77. The van der Waals surface area contributed by atoms with Crippen molar-refractivity contribution < 1.29 is 9.59 Å². The average molecular weight is 449 g/mol. The lowest BCUT2D eigenvalue weighted by Crippen LogP contribution is -2.50. The molecule has 4 nitrogen and oxygen atoms in total. The molecule has 0 unspecified atom stereocenters. The Morgan fingerprint density at radius 1 is 1.03 bits per heavy atom. The maximum atomic E-state index is 13.4. The molecule has 0 bridgehead atoms. The number of hydrogen-bond acceptors (Lipinski definition) is 2. The van der Waals surface area contributed by atoms with Gasteiger partial charge in [0, 0.05) is 28.2 Å². The van der Waals surface area contributed by atoms with Crippen LogP contribution in [0.3, 0.4) is 0 Å². The molecule has 0 radical (unpaired) electrons. The van der Waals surface area contributed by atoms with Crippen LogP contribution in [0.2, 0.25) is 10.0 Å². The molecule has 0 aliphatic heterocycles. The molecule has 0 aliphatic rings. The molecule has 0 aliphatic carbocycles. The number of rotatable bonds is 8. The summed E-state index contributed by atoms with van der Waals surface area (Å²) in [7, 11) is 0. The number of benzene rings is 2. The van der Waals surface area contributed by atoms with Crippen molar-refractivity contribution in [2.75, 3.05) is 0 Å². The van der Waals surface area contributed by atoms with Crippen LogP contribution >= 0.6 is 23.2 Å². The molecule has 6 heteroatoms. The van der Waals surface area contributed by atoms with Crippen LogP contribution < -0.4 is 5.32 Å². The van der Waals surface area contributed by atoms with Crippen LogP contribution in [0.15, 0.2) is 36.4 Å². The lowest BCUT2D eigenvalue weighted by Gasteiger charge is -2.32. The second-order valence-corrected chi connectivity index (χ2v) is 8.80. The molecule has 162 valence electrons. The summed E-state index contributed by atoms with van der Waals surface area (Å²) >= 11 is 12.7. The van der Waals surface area contributed by atoms with E-state index in [1.807, 2.05) is 46.8 Å². The van der Waals surface area contributed by atoms with Gasteiger partial charge in [0.25, 0.3) is 0 Å². The van der Waals surface area contributed by atoms with Crippen molar-refractivity contribution in [3.63, 3.8) is 0 Å². The quantitative estimate of drug-likeness (QED) is 0.580. The highest BCUT2D eigenvalue weighted by Crippen LogP contribution is 2.27. The zero-order valence-corrected chi connectivity index (χ0v) is 19.8. The second kappa shape index (κ2) is 10.8. The number of nitrogens with zero attached hydrogens (tertiary/aromatic N) is 1. The van der Waals surface area contributed by atoms with E-state index in [0.29, 0.717) is 22.0 Å². The Labute approximate surface area is 189 Å². The van der Waals surface area contributed by atoms with Gasteiger partial charge >= 0.3 is 0 Å². The number of carbonyl (C=O) groups is 2. The highest BCUT2D eigenvalue weighted by Gasteiger charge is 2.30. The fraction of sp³-hybridized carbons (Fsp3) is 0.417. The molecular weight excluding hydrogens is 419 g/mol. The third kappa shape index (κ3) is 6.48. The minimum Gasteiger partial charge on any atom is -0.352 e. The third-order valence-electron chi connectivity index (χ3n) is 4.84. The van der Waals surface area contributed by atoms with Crippen molar-refractivity contribution in [3.8, 4) is 0 Å². The van der Waals surface area contributed by atoms with Gasteiger partial charge in [0.2, 0.25) is 11.8 Å². The van der Waals surface area contributed by atoms with E-state index in [1.165, 1.54) is 0 Å². The SMILES string of the molecule is CC[C@@H](C(=O)NC(C)C)N(Cc1c(Cl)cccc1Cl)C(=O)Cc1cc(C)cc(C)c1. The van der Waals surface area contributed by atoms with E-state index in [4.69, 9.17) is 23.2 Å². The van der Waals surface area contributed by atoms with E-state index < -0.39 is 6.04 Å². The maximum Gasteiger partial charge on any atom is 0.243 e. The first-order valence-corrected chi connectivity index (χ1v) is 11.0. The van der Waals surface area contributed by atoms with E-state index in [0.717, 1.165) is 16.7 Å². The smallest absolute Gasteiger partial charge is 0.243 e. The van der Waals surface area contributed by atoms with Gasteiger partial charge in [-0.1, -0.05) is 65.5 Å². The molecule has 1 N–H and O–H groups in total. The summed E-state index contributed by atoms with van der Waals surface area (Å²) in [6.07, 6.45) is 0.690.